The highest BCUT2D eigenvalue weighted by molar-refractivity contribution is 14.1. The molecule has 1 aromatic carbocycles. The minimum atomic E-state index is 0.489. The lowest BCUT2D eigenvalue weighted by Gasteiger charge is -2.57. The molecular weight excluding hydrogens is 287 g/mol. The van der Waals surface area contributed by atoms with Crippen LogP contribution in [0.25, 0.3) is 0 Å². The van der Waals surface area contributed by atoms with Crippen molar-refractivity contribution in [3.63, 3.8) is 0 Å². The van der Waals surface area contributed by atoms with Gasteiger partial charge in [-0.3, -0.25) is 0 Å². The molecule has 0 amide bonds. The predicted molar refractivity (Wildman–Crippen MR) is 66.7 cm³/mol. The molecular formula is C11H13IN2. The molecule has 0 atom stereocenters. The Hall–Kier alpha value is -0.290. The van der Waals surface area contributed by atoms with Crippen LogP contribution in [0.5, 0.6) is 0 Å². The Balaban J connectivity index is 1.70. The number of hydrogen-bond donors (Lipinski definition) is 1. The van der Waals surface area contributed by atoms with Crippen molar-refractivity contribution < 1.29 is 0 Å². The Morgan fingerprint density at radius 3 is 2.36 bits per heavy atom. The summed E-state index contributed by atoms with van der Waals surface area (Å²) in [5, 5.41) is 3.53. The van der Waals surface area contributed by atoms with Gasteiger partial charge in [0.1, 0.15) is 0 Å². The molecule has 0 saturated carbocycles. The lowest BCUT2D eigenvalue weighted by atomic mass is 9.80. The van der Waals surface area contributed by atoms with E-state index in [9.17, 15) is 0 Å². The Labute approximate surface area is 97.8 Å². The summed E-state index contributed by atoms with van der Waals surface area (Å²) in [6, 6.07) is 8.78. The Kier molecular flexibility index (Phi) is 1.99. The number of anilines is 1. The van der Waals surface area contributed by atoms with E-state index in [4.69, 9.17) is 0 Å². The second kappa shape index (κ2) is 3.10. The molecule has 2 heterocycles. The van der Waals surface area contributed by atoms with Gasteiger partial charge in [-0.2, -0.15) is 0 Å². The van der Waals surface area contributed by atoms with Gasteiger partial charge >= 0.3 is 0 Å². The standard InChI is InChI=1S/C11H13IN2/c12-9-1-3-10(4-2-9)14-7-11(8-14)5-6-13-11/h1-4,13H,5-8H2. The SMILES string of the molecule is Ic1ccc(N2CC3(CCN3)C2)cc1. The molecule has 0 bridgehead atoms. The first-order chi connectivity index (χ1) is 6.77. The van der Waals surface area contributed by atoms with Crippen LogP contribution in [0.1, 0.15) is 6.42 Å². The number of benzene rings is 1. The van der Waals surface area contributed by atoms with Gasteiger partial charge in [0, 0.05) is 22.3 Å². The van der Waals surface area contributed by atoms with E-state index in [0.717, 1.165) is 0 Å². The molecule has 2 aliphatic rings. The number of hydrogen-bond acceptors (Lipinski definition) is 2. The molecule has 1 spiro atoms. The second-order valence-electron chi connectivity index (χ2n) is 4.29. The Morgan fingerprint density at radius 2 is 1.86 bits per heavy atom. The normalized spacial score (nSPS) is 23.1. The first kappa shape index (κ1) is 8.97. The first-order valence-electron chi connectivity index (χ1n) is 5.03. The maximum atomic E-state index is 3.53. The molecule has 2 saturated heterocycles. The largest absolute Gasteiger partial charge is 0.368 e. The maximum absolute atomic E-state index is 3.53. The topological polar surface area (TPSA) is 15.3 Å². The van der Waals surface area contributed by atoms with Crippen molar-refractivity contribution in [2.45, 2.75) is 12.0 Å². The number of nitrogens with one attached hydrogen (secondary N) is 1. The van der Waals surface area contributed by atoms with Crippen LogP contribution in [0.15, 0.2) is 24.3 Å². The van der Waals surface area contributed by atoms with E-state index in [1.54, 1.807) is 0 Å². The van der Waals surface area contributed by atoms with Crippen LogP contribution in [0.4, 0.5) is 5.69 Å². The molecule has 0 unspecified atom stereocenters. The summed E-state index contributed by atoms with van der Waals surface area (Å²) < 4.78 is 1.31. The molecule has 3 rings (SSSR count). The van der Waals surface area contributed by atoms with Crippen LogP contribution in [-0.4, -0.2) is 25.2 Å². The van der Waals surface area contributed by atoms with E-state index in [0.29, 0.717) is 5.54 Å². The number of nitrogens with zero attached hydrogens (tertiary/aromatic N) is 1. The molecule has 2 aliphatic heterocycles. The zero-order valence-corrected chi connectivity index (χ0v) is 10.1. The lowest BCUT2D eigenvalue weighted by molar-refractivity contribution is 0.159. The zero-order valence-electron chi connectivity index (χ0n) is 7.96. The van der Waals surface area contributed by atoms with E-state index < -0.39 is 0 Å². The third-order valence-electron chi connectivity index (χ3n) is 3.28. The van der Waals surface area contributed by atoms with Gasteiger partial charge in [0.2, 0.25) is 0 Å². The van der Waals surface area contributed by atoms with Crippen molar-refractivity contribution in [2.75, 3.05) is 24.5 Å². The first-order valence-corrected chi connectivity index (χ1v) is 6.11. The van der Waals surface area contributed by atoms with Crippen molar-refractivity contribution in [1.29, 1.82) is 0 Å². The molecule has 0 radical (unpaired) electrons. The summed E-state index contributed by atoms with van der Waals surface area (Å²) >= 11 is 2.34. The third-order valence-corrected chi connectivity index (χ3v) is 4.00. The van der Waals surface area contributed by atoms with Gasteiger partial charge in [0.05, 0.1) is 5.54 Å². The average molecular weight is 300 g/mol. The van der Waals surface area contributed by atoms with Crippen LogP contribution >= 0.6 is 22.6 Å². The van der Waals surface area contributed by atoms with E-state index >= 15 is 0 Å². The van der Waals surface area contributed by atoms with Crippen molar-refractivity contribution >= 4 is 28.3 Å². The quantitative estimate of drug-likeness (QED) is 0.796. The van der Waals surface area contributed by atoms with E-state index in [1.165, 1.54) is 35.3 Å². The van der Waals surface area contributed by atoms with Crippen molar-refractivity contribution in [3.8, 4) is 0 Å². The fourth-order valence-electron chi connectivity index (χ4n) is 2.27. The summed E-state index contributed by atoms with van der Waals surface area (Å²) in [7, 11) is 0. The molecule has 2 nitrogen and oxygen atoms in total. The Morgan fingerprint density at radius 1 is 1.21 bits per heavy atom. The van der Waals surface area contributed by atoms with Gasteiger partial charge in [-0.1, -0.05) is 0 Å². The van der Waals surface area contributed by atoms with Crippen LogP contribution in [0.2, 0.25) is 0 Å². The van der Waals surface area contributed by atoms with Gasteiger partial charge < -0.3 is 10.2 Å². The van der Waals surface area contributed by atoms with Crippen LogP contribution in [0, 0.1) is 3.57 Å². The summed E-state index contributed by atoms with van der Waals surface area (Å²) in [5.41, 5.74) is 1.85. The maximum Gasteiger partial charge on any atom is 0.0547 e. The number of rotatable bonds is 1. The highest BCUT2D eigenvalue weighted by Crippen LogP contribution is 2.33. The smallest absolute Gasteiger partial charge is 0.0547 e. The summed E-state index contributed by atoms with van der Waals surface area (Å²) in [4.78, 5) is 2.45. The molecule has 74 valence electrons. The van der Waals surface area contributed by atoms with E-state index in [-0.39, 0.29) is 0 Å². The molecule has 0 aliphatic carbocycles. The molecule has 1 aromatic rings. The predicted octanol–water partition coefficient (Wildman–Crippen LogP) is 1.84. The van der Waals surface area contributed by atoms with Crippen LogP contribution < -0.4 is 10.2 Å². The number of halogens is 1. The van der Waals surface area contributed by atoms with E-state index in [2.05, 4.69) is 57.1 Å². The molecule has 1 N–H and O–H groups in total. The zero-order chi connectivity index (χ0) is 9.60. The van der Waals surface area contributed by atoms with Crippen molar-refractivity contribution in [3.05, 3.63) is 27.8 Å². The van der Waals surface area contributed by atoms with Crippen molar-refractivity contribution in [1.82, 2.24) is 5.32 Å². The van der Waals surface area contributed by atoms with Crippen LogP contribution in [-0.2, 0) is 0 Å². The second-order valence-corrected chi connectivity index (χ2v) is 5.54. The monoisotopic (exact) mass is 300 g/mol. The fourth-order valence-corrected chi connectivity index (χ4v) is 2.63. The van der Waals surface area contributed by atoms with Crippen LogP contribution in [0.3, 0.4) is 0 Å². The van der Waals surface area contributed by atoms with Crippen molar-refractivity contribution in [2.24, 2.45) is 0 Å². The molecule has 0 aromatic heterocycles. The molecule has 2 fully saturated rings. The lowest BCUT2D eigenvalue weighted by Crippen LogP contribution is -2.75. The van der Waals surface area contributed by atoms with E-state index in [1.807, 2.05) is 0 Å². The van der Waals surface area contributed by atoms with Gasteiger partial charge in [-0.05, 0) is 59.8 Å². The molecule has 14 heavy (non-hydrogen) atoms. The summed E-state index contributed by atoms with van der Waals surface area (Å²) in [6.07, 6.45) is 1.36. The third kappa shape index (κ3) is 1.34. The molecule has 3 heteroatoms. The van der Waals surface area contributed by atoms with Gasteiger partial charge in [0.15, 0.2) is 0 Å². The average Bonchev–Trinajstić information content (AvgIpc) is 2.03. The minimum Gasteiger partial charge on any atom is -0.368 e. The van der Waals surface area contributed by atoms with Gasteiger partial charge in [-0.25, -0.2) is 0 Å². The highest BCUT2D eigenvalue weighted by Gasteiger charge is 2.47. The van der Waals surface area contributed by atoms with Gasteiger partial charge in [0.25, 0.3) is 0 Å². The minimum absolute atomic E-state index is 0.489. The summed E-state index contributed by atoms with van der Waals surface area (Å²) in [6.45, 7) is 3.59. The Bertz CT molecular complexity index is 335. The summed E-state index contributed by atoms with van der Waals surface area (Å²) in [5.74, 6) is 0. The highest BCUT2D eigenvalue weighted by atomic mass is 127. The fraction of sp³-hybridized carbons (Fsp3) is 0.455. The van der Waals surface area contributed by atoms with Gasteiger partial charge in [-0.15, -0.1) is 0 Å².